The van der Waals surface area contributed by atoms with Gasteiger partial charge in [-0.2, -0.15) is 4.31 Å². The van der Waals surface area contributed by atoms with Crippen LogP contribution in [0.2, 0.25) is 0 Å². The molecule has 0 saturated carbocycles. The van der Waals surface area contributed by atoms with Gasteiger partial charge < -0.3 is 4.90 Å². The molecule has 160 valence electrons. The smallest absolute Gasteiger partial charge is 0.243 e. The average Bonchev–Trinajstić information content (AvgIpc) is 3.14. The predicted molar refractivity (Wildman–Crippen MR) is 123 cm³/mol. The van der Waals surface area contributed by atoms with Crippen LogP contribution in [0.15, 0.2) is 71.6 Å². The fourth-order valence-electron chi connectivity index (χ4n) is 4.94. The molecular weight excluding hydrogens is 408 g/mol. The summed E-state index contributed by atoms with van der Waals surface area (Å²) in [5, 5.41) is 1.91. The number of para-hydroxylation sites is 1. The number of nitrogens with zero attached hydrogens (tertiary/aromatic N) is 2. The molecule has 0 aliphatic carbocycles. The van der Waals surface area contributed by atoms with E-state index in [1.807, 2.05) is 53.4 Å². The van der Waals surface area contributed by atoms with E-state index in [9.17, 15) is 13.2 Å². The van der Waals surface area contributed by atoms with Crippen LogP contribution in [0.1, 0.15) is 25.3 Å². The standard InChI is InChI=1S/C25H26N2O3S/c1-18-15-21-9-4-5-11-24(21)27(18)25(28)22-10-6-14-26(17-22)31(29,30)23-13-12-19-7-2-3-8-20(19)16-23/h2-5,7-9,11-13,16,18,22H,6,10,14-15,17H2,1H3. The molecule has 1 amide bonds. The molecule has 0 N–H and O–H groups in total. The van der Waals surface area contributed by atoms with E-state index in [1.54, 1.807) is 12.1 Å². The van der Waals surface area contributed by atoms with Crippen LogP contribution >= 0.6 is 0 Å². The molecule has 0 bridgehead atoms. The van der Waals surface area contributed by atoms with Gasteiger partial charge in [0.1, 0.15) is 0 Å². The van der Waals surface area contributed by atoms with Crippen LogP contribution in [0.4, 0.5) is 5.69 Å². The lowest BCUT2D eigenvalue weighted by atomic mass is 9.97. The van der Waals surface area contributed by atoms with Crippen molar-refractivity contribution in [2.24, 2.45) is 5.92 Å². The Labute approximate surface area is 183 Å². The van der Waals surface area contributed by atoms with Crippen LogP contribution in [0.3, 0.4) is 0 Å². The molecule has 2 aliphatic heterocycles. The number of piperidine rings is 1. The Morgan fingerprint density at radius 3 is 2.55 bits per heavy atom. The molecular formula is C25H26N2O3S. The van der Waals surface area contributed by atoms with Gasteiger partial charge in [-0.15, -0.1) is 0 Å². The maximum Gasteiger partial charge on any atom is 0.243 e. The van der Waals surface area contributed by atoms with Crippen molar-refractivity contribution in [3.8, 4) is 0 Å². The second-order valence-corrected chi connectivity index (χ2v) is 10.5. The third kappa shape index (κ3) is 3.54. The highest BCUT2D eigenvalue weighted by Gasteiger charge is 2.39. The number of carbonyl (C=O) groups excluding carboxylic acids is 1. The van der Waals surface area contributed by atoms with Gasteiger partial charge in [-0.3, -0.25) is 4.79 Å². The minimum absolute atomic E-state index is 0.0378. The van der Waals surface area contributed by atoms with Crippen molar-refractivity contribution in [1.29, 1.82) is 0 Å². The third-order valence-electron chi connectivity index (χ3n) is 6.54. The Morgan fingerprint density at radius 1 is 0.968 bits per heavy atom. The summed E-state index contributed by atoms with van der Waals surface area (Å²) in [5.74, 6) is -0.284. The maximum absolute atomic E-state index is 13.5. The van der Waals surface area contributed by atoms with Crippen molar-refractivity contribution < 1.29 is 13.2 Å². The van der Waals surface area contributed by atoms with E-state index in [0.717, 1.165) is 22.9 Å². The first-order valence-electron chi connectivity index (χ1n) is 10.8. The summed E-state index contributed by atoms with van der Waals surface area (Å²) in [6, 6.07) is 21.1. The molecule has 2 heterocycles. The van der Waals surface area contributed by atoms with Crippen molar-refractivity contribution >= 4 is 32.4 Å². The molecule has 6 heteroatoms. The first-order chi connectivity index (χ1) is 14.9. The normalized spacial score (nSPS) is 21.9. The molecule has 2 atom stereocenters. The summed E-state index contributed by atoms with van der Waals surface area (Å²) in [6.07, 6.45) is 2.24. The average molecular weight is 435 g/mol. The Morgan fingerprint density at radius 2 is 1.71 bits per heavy atom. The van der Waals surface area contributed by atoms with E-state index in [1.165, 1.54) is 9.87 Å². The van der Waals surface area contributed by atoms with E-state index < -0.39 is 10.0 Å². The Kier molecular flexibility index (Phi) is 5.07. The van der Waals surface area contributed by atoms with E-state index in [4.69, 9.17) is 0 Å². The first-order valence-corrected chi connectivity index (χ1v) is 12.3. The second-order valence-electron chi connectivity index (χ2n) is 8.60. The molecule has 0 aromatic heterocycles. The van der Waals surface area contributed by atoms with Crippen LogP contribution < -0.4 is 4.90 Å². The summed E-state index contributed by atoms with van der Waals surface area (Å²) in [7, 11) is -3.65. The highest BCUT2D eigenvalue weighted by atomic mass is 32.2. The lowest BCUT2D eigenvalue weighted by molar-refractivity contribution is -0.123. The fraction of sp³-hybridized carbons (Fsp3) is 0.320. The van der Waals surface area contributed by atoms with E-state index in [-0.39, 0.29) is 24.4 Å². The number of carbonyl (C=O) groups is 1. The molecule has 3 aromatic carbocycles. The van der Waals surface area contributed by atoms with Crippen molar-refractivity contribution in [2.75, 3.05) is 18.0 Å². The number of benzene rings is 3. The fourth-order valence-corrected chi connectivity index (χ4v) is 6.50. The minimum Gasteiger partial charge on any atom is -0.309 e. The molecule has 0 radical (unpaired) electrons. The van der Waals surface area contributed by atoms with Crippen LogP contribution in [0, 0.1) is 5.92 Å². The molecule has 2 unspecified atom stereocenters. The number of anilines is 1. The Balaban J connectivity index is 1.40. The summed E-state index contributed by atoms with van der Waals surface area (Å²) in [5.41, 5.74) is 2.15. The van der Waals surface area contributed by atoms with Gasteiger partial charge in [0.05, 0.1) is 10.8 Å². The number of sulfonamides is 1. The summed E-state index contributed by atoms with van der Waals surface area (Å²) >= 11 is 0. The predicted octanol–water partition coefficient (Wildman–Crippen LogP) is 4.22. The lowest BCUT2D eigenvalue weighted by Crippen LogP contribution is -2.48. The molecule has 5 nitrogen and oxygen atoms in total. The summed E-state index contributed by atoms with van der Waals surface area (Å²) in [6.45, 7) is 2.74. The van der Waals surface area contributed by atoms with Gasteiger partial charge in [0.25, 0.3) is 0 Å². The van der Waals surface area contributed by atoms with Gasteiger partial charge in [0.2, 0.25) is 15.9 Å². The van der Waals surface area contributed by atoms with Crippen LogP contribution in [-0.4, -0.2) is 37.8 Å². The lowest BCUT2D eigenvalue weighted by Gasteiger charge is -2.34. The molecule has 1 fully saturated rings. The number of hydrogen-bond donors (Lipinski definition) is 0. The molecule has 2 aliphatic rings. The second kappa shape index (κ2) is 7.77. The van der Waals surface area contributed by atoms with E-state index in [0.29, 0.717) is 24.3 Å². The minimum atomic E-state index is -3.65. The van der Waals surface area contributed by atoms with Crippen LogP contribution in [0.25, 0.3) is 10.8 Å². The van der Waals surface area contributed by atoms with Crippen LogP contribution in [-0.2, 0) is 21.2 Å². The van der Waals surface area contributed by atoms with Gasteiger partial charge in [-0.1, -0.05) is 48.5 Å². The molecule has 0 spiro atoms. The molecule has 5 rings (SSSR count). The SMILES string of the molecule is CC1Cc2ccccc2N1C(=O)C1CCCN(S(=O)(=O)c2ccc3ccccc3c2)C1. The van der Waals surface area contributed by atoms with E-state index in [2.05, 4.69) is 13.0 Å². The van der Waals surface area contributed by atoms with Crippen molar-refractivity contribution in [2.45, 2.75) is 37.1 Å². The monoisotopic (exact) mass is 434 g/mol. The highest BCUT2D eigenvalue weighted by Crippen LogP contribution is 2.35. The zero-order valence-corrected chi connectivity index (χ0v) is 18.4. The quantitative estimate of drug-likeness (QED) is 0.620. The van der Waals surface area contributed by atoms with E-state index >= 15 is 0 Å². The van der Waals surface area contributed by atoms with Gasteiger partial charge in [0.15, 0.2) is 0 Å². The topological polar surface area (TPSA) is 57.7 Å². The zero-order chi connectivity index (χ0) is 21.6. The first kappa shape index (κ1) is 20.2. The number of amides is 1. The van der Waals surface area contributed by atoms with Gasteiger partial charge in [0, 0.05) is 24.8 Å². The molecule has 31 heavy (non-hydrogen) atoms. The zero-order valence-electron chi connectivity index (χ0n) is 17.6. The number of hydrogen-bond acceptors (Lipinski definition) is 3. The van der Waals surface area contributed by atoms with Crippen molar-refractivity contribution in [3.63, 3.8) is 0 Å². The molecule has 3 aromatic rings. The van der Waals surface area contributed by atoms with Gasteiger partial charge in [-0.05, 0) is 60.7 Å². The van der Waals surface area contributed by atoms with Gasteiger partial charge >= 0.3 is 0 Å². The number of fused-ring (bicyclic) bond motifs is 2. The van der Waals surface area contributed by atoms with Crippen LogP contribution in [0.5, 0.6) is 0 Å². The number of rotatable bonds is 3. The molecule has 1 saturated heterocycles. The largest absolute Gasteiger partial charge is 0.309 e. The summed E-state index contributed by atoms with van der Waals surface area (Å²) in [4.78, 5) is 15.6. The Hall–Kier alpha value is -2.70. The van der Waals surface area contributed by atoms with Gasteiger partial charge in [-0.25, -0.2) is 8.42 Å². The summed E-state index contributed by atoms with van der Waals surface area (Å²) < 4.78 is 28.3. The Bertz CT molecular complexity index is 1250. The third-order valence-corrected chi connectivity index (χ3v) is 8.40. The highest BCUT2D eigenvalue weighted by molar-refractivity contribution is 7.89. The maximum atomic E-state index is 13.5. The van der Waals surface area contributed by atoms with Crippen molar-refractivity contribution in [1.82, 2.24) is 4.31 Å². The van der Waals surface area contributed by atoms with Crippen molar-refractivity contribution in [3.05, 3.63) is 72.3 Å².